The lowest BCUT2D eigenvalue weighted by Crippen LogP contribution is -2.71. The summed E-state index contributed by atoms with van der Waals surface area (Å²) < 4.78 is 17.4. The van der Waals surface area contributed by atoms with Crippen LogP contribution in [0.4, 0.5) is 5.13 Å². The first-order chi connectivity index (χ1) is 37.2. The Bertz CT molecular complexity index is 3080. The number of hydrogen-bond donors (Lipinski definition) is 2. The van der Waals surface area contributed by atoms with Crippen molar-refractivity contribution in [3.05, 3.63) is 232 Å². The molecule has 2 amide bonds. The molecule has 2 atom stereocenters. The van der Waals surface area contributed by atoms with Crippen LogP contribution in [0.2, 0.25) is 0 Å². The number of β-lactam (4-membered cyclic amide) rings is 1. The molecule has 16 heteroatoms. The Kier molecular flexibility index (Phi) is 16.0. The van der Waals surface area contributed by atoms with Gasteiger partial charge < -0.3 is 29.7 Å². The van der Waals surface area contributed by atoms with E-state index in [4.69, 9.17) is 35.6 Å². The number of thioether (sulfide) groups is 1. The fourth-order valence-corrected chi connectivity index (χ4v) is 12.3. The van der Waals surface area contributed by atoms with Crippen molar-refractivity contribution in [3.63, 3.8) is 0 Å². The zero-order valence-electron chi connectivity index (χ0n) is 41.5. The maximum Gasteiger partial charge on any atom is 0.355 e. The number of carbonyl (C=O) groups excluding carboxylic acids is 4. The van der Waals surface area contributed by atoms with Crippen LogP contribution < -0.4 is 15.4 Å². The predicted octanol–water partition coefficient (Wildman–Crippen LogP) is 10.9. The molecule has 76 heavy (non-hydrogen) atoms. The third-order valence-electron chi connectivity index (χ3n) is 13.9. The van der Waals surface area contributed by atoms with Crippen LogP contribution in [-0.2, 0) is 45.6 Å². The molecule has 6 aromatic carbocycles. The number of amides is 2. The number of nitrogens with zero attached hydrogens (tertiary/aromatic N) is 3. The summed E-state index contributed by atoms with van der Waals surface area (Å²) in [6.45, 7) is -0.0520. The van der Waals surface area contributed by atoms with Gasteiger partial charge in [0, 0.05) is 29.9 Å². The molecule has 1 saturated heterocycles. The zero-order chi connectivity index (χ0) is 52.5. The lowest BCUT2D eigenvalue weighted by molar-refractivity contribution is -0.181. The van der Waals surface area contributed by atoms with Gasteiger partial charge in [-0.1, -0.05) is 175 Å². The van der Waals surface area contributed by atoms with Gasteiger partial charge in [0.1, 0.15) is 40.7 Å². The van der Waals surface area contributed by atoms with Crippen LogP contribution in [0.25, 0.3) is 0 Å². The molecule has 13 nitrogen and oxygen atoms in total. The molecule has 10 rings (SSSR count). The number of thiazole rings is 1. The van der Waals surface area contributed by atoms with Gasteiger partial charge in [0.15, 0.2) is 16.9 Å². The monoisotopic (exact) mass is 1070 g/mol. The highest BCUT2D eigenvalue weighted by molar-refractivity contribution is 8.00. The molecule has 0 spiro atoms. The number of fused-ring (bicyclic) bond motifs is 1. The minimum atomic E-state index is -1.57. The molecule has 1 aromatic heterocycles. The van der Waals surface area contributed by atoms with Crippen molar-refractivity contribution in [2.75, 3.05) is 24.1 Å². The van der Waals surface area contributed by atoms with Crippen molar-refractivity contribution in [1.29, 1.82) is 0 Å². The summed E-state index contributed by atoms with van der Waals surface area (Å²) in [5, 5.41) is 12.7. The maximum absolute atomic E-state index is 15.1. The number of rotatable bonds is 19. The second-order valence-electron chi connectivity index (χ2n) is 18.6. The van der Waals surface area contributed by atoms with Crippen molar-refractivity contribution < 1.29 is 38.2 Å². The van der Waals surface area contributed by atoms with E-state index in [0.29, 0.717) is 35.0 Å². The summed E-state index contributed by atoms with van der Waals surface area (Å²) in [5.41, 5.74) is 3.01. The number of alkyl halides is 1. The molecule has 3 heterocycles. The van der Waals surface area contributed by atoms with Crippen LogP contribution in [0.5, 0.6) is 5.75 Å². The number of nitrogens with one attached hydrogen (secondary N) is 2. The van der Waals surface area contributed by atoms with Crippen LogP contribution in [0, 0.1) is 0 Å². The van der Waals surface area contributed by atoms with E-state index in [1.165, 1.54) is 28.0 Å². The summed E-state index contributed by atoms with van der Waals surface area (Å²) >= 11 is 9.00. The maximum atomic E-state index is 15.1. The number of esters is 2. The average molecular weight is 1070 g/mol. The standard InChI is InChI=1S/C60H54ClN5O8S2/c1-71-47-32-30-40(31-33-47)37-72-56(69)51-43(36-61)38-75-55-50(54(68)66(51)55)63-53(67)49(65-74-59(34-18-7-19-35-59)57(70)73-52(41-20-8-2-9-21-41)42-22-10-3-11-23-42)48-39-76-58(62-48)64-60(44-24-12-4-13-25-44,45-26-14-5-15-27-45)46-28-16-6-17-29-46/h2-6,8-17,20-33,39,50,52,55H,7,18-19,34-38H2,1H3,(H,62,64)(H,63,67)/b65-49-/t50?,55-/m1/s1. The van der Waals surface area contributed by atoms with Crippen LogP contribution in [-0.4, -0.2) is 75.1 Å². The molecule has 1 saturated carbocycles. The molecule has 0 radical (unpaired) electrons. The Balaban J connectivity index is 0.986. The van der Waals surface area contributed by atoms with Crippen LogP contribution in [0.3, 0.4) is 0 Å². The van der Waals surface area contributed by atoms with Crippen molar-refractivity contribution in [3.8, 4) is 5.75 Å². The van der Waals surface area contributed by atoms with Crippen molar-refractivity contribution in [2.24, 2.45) is 5.16 Å². The molecule has 0 bridgehead atoms. The van der Waals surface area contributed by atoms with E-state index in [9.17, 15) is 14.4 Å². The summed E-state index contributed by atoms with van der Waals surface area (Å²) in [6.07, 6.45) is 1.95. The highest BCUT2D eigenvalue weighted by Crippen LogP contribution is 2.43. The lowest BCUT2D eigenvalue weighted by atomic mass is 9.77. The molecule has 1 unspecified atom stereocenters. The van der Waals surface area contributed by atoms with E-state index in [-0.39, 0.29) is 42.4 Å². The molecule has 386 valence electrons. The van der Waals surface area contributed by atoms with Gasteiger partial charge in [0.05, 0.1) is 7.11 Å². The second-order valence-corrected chi connectivity index (χ2v) is 20.8. The Labute approximate surface area is 454 Å². The highest BCUT2D eigenvalue weighted by Gasteiger charge is 2.55. The topological polar surface area (TPSA) is 158 Å². The fraction of sp³-hybridized carbons (Fsp3) is 0.233. The number of anilines is 1. The number of carbonyl (C=O) groups is 4. The molecule has 1 aliphatic carbocycles. The minimum absolute atomic E-state index is 0.0104. The smallest absolute Gasteiger partial charge is 0.355 e. The van der Waals surface area contributed by atoms with Gasteiger partial charge in [-0.15, -0.1) is 34.7 Å². The number of aromatic nitrogens is 1. The Morgan fingerprint density at radius 1 is 0.776 bits per heavy atom. The van der Waals surface area contributed by atoms with E-state index in [1.807, 2.05) is 115 Å². The van der Waals surface area contributed by atoms with Crippen LogP contribution in [0.15, 0.2) is 198 Å². The largest absolute Gasteiger partial charge is 0.497 e. The minimum Gasteiger partial charge on any atom is -0.497 e. The van der Waals surface area contributed by atoms with E-state index < -0.39 is 52.4 Å². The van der Waals surface area contributed by atoms with Gasteiger partial charge in [-0.05, 0) is 63.9 Å². The Morgan fingerprint density at radius 2 is 1.33 bits per heavy atom. The first-order valence-corrected chi connectivity index (χ1v) is 27.5. The number of hydrogen-bond acceptors (Lipinski definition) is 13. The van der Waals surface area contributed by atoms with Gasteiger partial charge in [-0.3, -0.25) is 14.5 Å². The van der Waals surface area contributed by atoms with Crippen LogP contribution in [0.1, 0.15) is 77.3 Å². The molecule has 2 fully saturated rings. The van der Waals surface area contributed by atoms with E-state index in [2.05, 4.69) is 52.2 Å². The summed E-state index contributed by atoms with van der Waals surface area (Å²) in [4.78, 5) is 70.9. The van der Waals surface area contributed by atoms with Gasteiger partial charge >= 0.3 is 11.9 Å². The first kappa shape index (κ1) is 51.8. The molecule has 2 aliphatic heterocycles. The quantitative estimate of drug-likeness (QED) is 0.0198. The predicted molar refractivity (Wildman–Crippen MR) is 295 cm³/mol. The summed E-state index contributed by atoms with van der Waals surface area (Å²) in [7, 11) is 1.57. The van der Waals surface area contributed by atoms with Crippen molar-refractivity contribution >= 4 is 69.3 Å². The summed E-state index contributed by atoms with van der Waals surface area (Å²) in [6, 6.07) is 55.1. The average Bonchev–Trinajstić information content (AvgIpc) is 3.97. The number of halogens is 1. The van der Waals surface area contributed by atoms with Gasteiger partial charge in [0.25, 0.3) is 11.8 Å². The Morgan fingerprint density at radius 3 is 1.87 bits per heavy atom. The number of ether oxygens (including phenoxy) is 3. The second kappa shape index (κ2) is 23.4. The van der Waals surface area contributed by atoms with E-state index >= 15 is 4.79 Å². The molecule has 2 N–H and O–H groups in total. The van der Waals surface area contributed by atoms with E-state index in [0.717, 1.165) is 39.8 Å². The molecule has 3 aliphatic rings. The first-order valence-electron chi connectivity index (χ1n) is 25.0. The molecular formula is C60H54ClN5O8S2. The normalized spacial score (nSPS) is 17.2. The van der Waals surface area contributed by atoms with Crippen molar-refractivity contribution in [2.45, 2.75) is 67.4 Å². The third-order valence-corrected chi connectivity index (χ3v) is 16.3. The van der Waals surface area contributed by atoms with E-state index in [1.54, 1.807) is 36.8 Å². The number of oxime groups is 1. The SMILES string of the molecule is COc1ccc(COC(=O)C2=C(CCl)CS[C@@H]3C(NC(=O)/C(=N\OC4(C(=O)OC(c5ccccc5)c5ccccc5)CCCCC4)c4csc(NC(c5ccccc5)(c5ccccc5)c5ccccc5)n4)C(=O)N23)cc1. The molecule has 7 aromatic rings. The zero-order valence-corrected chi connectivity index (χ0v) is 43.9. The van der Waals surface area contributed by atoms with Crippen LogP contribution >= 0.6 is 34.7 Å². The van der Waals surface area contributed by atoms with Gasteiger partial charge in [-0.2, -0.15) is 0 Å². The fourth-order valence-electron chi connectivity index (χ4n) is 9.90. The summed E-state index contributed by atoms with van der Waals surface area (Å²) in [5.74, 6) is -1.69. The number of methoxy groups -OCH3 is 1. The lowest BCUT2D eigenvalue weighted by Gasteiger charge is -2.49. The number of benzene rings is 6. The van der Waals surface area contributed by atoms with Gasteiger partial charge in [0.2, 0.25) is 5.60 Å². The third kappa shape index (κ3) is 10.7. The molecular weight excluding hydrogens is 1020 g/mol. The Hall–Kier alpha value is -7.72. The van der Waals surface area contributed by atoms with Crippen molar-refractivity contribution in [1.82, 2.24) is 15.2 Å². The van der Waals surface area contributed by atoms with Gasteiger partial charge in [-0.25, -0.2) is 14.6 Å². The highest BCUT2D eigenvalue weighted by atomic mass is 35.5.